The molecule has 3 amide bonds. The molecule has 0 fully saturated rings. The van der Waals surface area contributed by atoms with Gasteiger partial charge in [-0.15, -0.1) is 11.3 Å². The molecular formula is C23H24N4O4S2. The summed E-state index contributed by atoms with van der Waals surface area (Å²) in [4.78, 5) is 40.2. The molecule has 0 saturated heterocycles. The minimum Gasteiger partial charge on any atom is -0.496 e. The van der Waals surface area contributed by atoms with Crippen LogP contribution in [0.3, 0.4) is 0 Å². The molecule has 3 aromatic rings. The van der Waals surface area contributed by atoms with E-state index in [1.807, 2.05) is 24.4 Å². The molecule has 2 aromatic carbocycles. The lowest BCUT2D eigenvalue weighted by molar-refractivity contribution is -0.116. The van der Waals surface area contributed by atoms with Crippen molar-refractivity contribution in [3.8, 4) is 5.75 Å². The first kappa shape index (κ1) is 24.3. The average Bonchev–Trinajstić information content (AvgIpc) is 3.19. The zero-order valence-electron chi connectivity index (χ0n) is 18.4. The Morgan fingerprint density at radius 3 is 2.39 bits per heavy atom. The first-order valence-corrected chi connectivity index (χ1v) is 11.9. The Hall–Kier alpha value is -3.37. The fraction of sp³-hybridized carbons (Fsp3) is 0.217. The summed E-state index contributed by atoms with van der Waals surface area (Å²) in [5.74, 6) is 0.400. The summed E-state index contributed by atoms with van der Waals surface area (Å²) in [6.07, 6.45) is 0.143. The molecular weight excluding hydrogens is 460 g/mol. The van der Waals surface area contributed by atoms with Gasteiger partial charge in [-0.05, 0) is 48.9 Å². The summed E-state index contributed by atoms with van der Waals surface area (Å²) >= 11 is 2.69. The molecule has 0 saturated carbocycles. The molecule has 8 nitrogen and oxygen atoms in total. The number of amides is 3. The fourth-order valence-corrected chi connectivity index (χ4v) is 4.61. The molecule has 0 spiro atoms. The van der Waals surface area contributed by atoms with Gasteiger partial charge in [-0.25, -0.2) is 4.98 Å². The summed E-state index contributed by atoms with van der Waals surface area (Å²) in [5.41, 5.74) is 3.48. The lowest BCUT2D eigenvalue weighted by Gasteiger charge is -2.08. The van der Waals surface area contributed by atoms with E-state index in [9.17, 15) is 14.4 Å². The topological polar surface area (TPSA) is 109 Å². The van der Waals surface area contributed by atoms with Gasteiger partial charge in [0.15, 0.2) is 4.34 Å². The molecule has 1 aromatic heterocycles. The lowest BCUT2D eigenvalue weighted by atomic mass is 10.2. The van der Waals surface area contributed by atoms with E-state index in [2.05, 4.69) is 20.9 Å². The predicted octanol–water partition coefficient (Wildman–Crippen LogP) is 4.33. The van der Waals surface area contributed by atoms with E-state index in [1.165, 1.54) is 30.0 Å². The number of carbonyl (C=O) groups excluding carboxylic acids is 3. The van der Waals surface area contributed by atoms with Crippen LogP contribution < -0.4 is 20.7 Å². The number of nitrogens with zero attached hydrogens (tertiary/aromatic N) is 1. The third kappa shape index (κ3) is 7.62. The highest BCUT2D eigenvalue weighted by Crippen LogP contribution is 2.24. The highest BCUT2D eigenvalue weighted by atomic mass is 32.2. The van der Waals surface area contributed by atoms with Crippen LogP contribution in [0.1, 0.15) is 18.2 Å². The van der Waals surface area contributed by atoms with Crippen LogP contribution in [-0.4, -0.2) is 35.6 Å². The summed E-state index contributed by atoms with van der Waals surface area (Å²) in [6, 6.07) is 12.4. The number of methoxy groups -OCH3 is 1. The van der Waals surface area contributed by atoms with Gasteiger partial charge in [0.1, 0.15) is 5.75 Å². The number of aromatic nitrogens is 1. The first-order chi connectivity index (χ1) is 15.8. The number of aryl methyl sites for hydroxylation is 1. The van der Waals surface area contributed by atoms with E-state index >= 15 is 0 Å². The number of ether oxygens (including phenoxy) is 1. The summed E-state index contributed by atoms with van der Waals surface area (Å²) in [5, 5.41) is 10.1. The molecule has 172 valence electrons. The second-order valence-corrected chi connectivity index (χ2v) is 9.19. The van der Waals surface area contributed by atoms with Crippen LogP contribution in [0.5, 0.6) is 5.75 Å². The van der Waals surface area contributed by atoms with Crippen molar-refractivity contribution in [2.75, 3.05) is 28.8 Å². The van der Waals surface area contributed by atoms with Crippen molar-refractivity contribution in [3.05, 3.63) is 59.1 Å². The molecule has 3 N–H and O–H groups in total. The van der Waals surface area contributed by atoms with E-state index in [0.717, 1.165) is 11.3 Å². The summed E-state index contributed by atoms with van der Waals surface area (Å²) in [7, 11) is 1.60. The van der Waals surface area contributed by atoms with E-state index in [-0.39, 0.29) is 29.9 Å². The van der Waals surface area contributed by atoms with Gasteiger partial charge in [-0.2, -0.15) is 0 Å². The van der Waals surface area contributed by atoms with Gasteiger partial charge in [-0.1, -0.05) is 17.8 Å². The molecule has 0 unspecified atom stereocenters. The SMILES string of the molecule is COc1ccc(NC(=O)Cc2csc(SCC(=O)Nc3cccc(NC(C)=O)c3)n2)cc1C. The minimum atomic E-state index is -0.190. The number of thiazole rings is 1. The Balaban J connectivity index is 1.47. The number of benzene rings is 2. The standard InChI is InChI=1S/C23H24N4O4S2/c1-14-9-18(7-8-20(14)31-3)25-21(29)11-19-12-32-23(27-19)33-13-22(30)26-17-6-4-5-16(10-17)24-15(2)28/h4-10,12H,11,13H2,1-3H3,(H,24,28)(H,25,29)(H,26,30). The van der Waals surface area contributed by atoms with Gasteiger partial charge in [0.25, 0.3) is 0 Å². The molecule has 0 bridgehead atoms. The van der Waals surface area contributed by atoms with Crippen molar-refractivity contribution in [1.29, 1.82) is 0 Å². The van der Waals surface area contributed by atoms with Crippen molar-refractivity contribution < 1.29 is 19.1 Å². The van der Waals surface area contributed by atoms with Crippen LogP contribution in [0.4, 0.5) is 17.1 Å². The van der Waals surface area contributed by atoms with Gasteiger partial charge < -0.3 is 20.7 Å². The maximum Gasteiger partial charge on any atom is 0.234 e. The Labute approximate surface area is 200 Å². The number of thioether (sulfide) groups is 1. The first-order valence-electron chi connectivity index (χ1n) is 10.0. The maximum absolute atomic E-state index is 12.3. The maximum atomic E-state index is 12.3. The third-order valence-corrected chi connectivity index (χ3v) is 6.41. The van der Waals surface area contributed by atoms with Crippen LogP contribution in [0, 0.1) is 6.92 Å². The minimum absolute atomic E-state index is 0.143. The van der Waals surface area contributed by atoms with Gasteiger partial charge in [0, 0.05) is 29.4 Å². The number of hydrogen-bond donors (Lipinski definition) is 3. The molecule has 33 heavy (non-hydrogen) atoms. The van der Waals surface area contributed by atoms with Gasteiger partial charge in [-0.3, -0.25) is 14.4 Å². The number of carbonyl (C=O) groups is 3. The Morgan fingerprint density at radius 1 is 1.00 bits per heavy atom. The number of nitrogens with one attached hydrogen (secondary N) is 3. The number of anilines is 3. The Morgan fingerprint density at radius 2 is 1.70 bits per heavy atom. The second kappa shape index (κ2) is 11.5. The van der Waals surface area contributed by atoms with E-state index < -0.39 is 0 Å². The van der Waals surface area contributed by atoms with Crippen molar-refractivity contribution in [2.45, 2.75) is 24.6 Å². The third-order valence-electron chi connectivity index (χ3n) is 4.34. The molecule has 0 aliphatic carbocycles. The molecule has 10 heteroatoms. The lowest BCUT2D eigenvalue weighted by Crippen LogP contribution is -2.15. The van der Waals surface area contributed by atoms with Crippen LogP contribution in [0.15, 0.2) is 52.2 Å². The largest absolute Gasteiger partial charge is 0.496 e. The van der Waals surface area contributed by atoms with Crippen LogP contribution in [-0.2, 0) is 20.8 Å². The highest BCUT2D eigenvalue weighted by molar-refractivity contribution is 8.01. The number of hydrogen-bond acceptors (Lipinski definition) is 7. The van der Waals surface area contributed by atoms with Crippen molar-refractivity contribution in [2.24, 2.45) is 0 Å². The highest BCUT2D eigenvalue weighted by Gasteiger charge is 2.11. The average molecular weight is 485 g/mol. The van der Waals surface area contributed by atoms with Crippen molar-refractivity contribution in [3.63, 3.8) is 0 Å². The second-order valence-electron chi connectivity index (χ2n) is 7.11. The molecule has 1 heterocycles. The van der Waals surface area contributed by atoms with Gasteiger partial charge in [0.05, 0.1) is 25.0 Å². The molecule has 0 radical (unpaired) electrons. The number of rotatable bonds is 9. The van der Waals surface area contributed by atoms with Gasteiger partial charge in [0.2, 0.25) is 17.7 Å². The molecule has 0 aliphatic heterocycles. The van der Waals surface area contributed by atoms with Crippen LogP contribution >= 0.6 is 23.1 Å². The van der Waals surface area contributed by atoms with Gasteiger partial charge >= 0.3 is 0 Å². The van der Waals surface area contributed by atoms with Crippen LogP contribution in [0.2, 0.25) is 0 Å². The molecule has 3 rings (SSSR count). The van der Waals surface area contributed by atoms with Crippen molar-refractivity contribution in [1.82, 2.24) is 4.98 Å². The fourth-order valence-electron chi connectivity index (χ4n) is 2.96. The Kier molecular flexibility index (Phi) is 8.45. The smallest absolute Gasteiger partial charge is 0.234 e. The normalized spacial score (nSPS) is 10.4. The monoisotopic (exact) mass is 484 g/mol. The summed E-state index contributed by atoms with van der Waals surface area (Å²) < 4.78 is 5.94. The molecule has 0 aliphatic rings. The zero-order valence-corrected chi connectivity index (χ0v) is 20.1. The van der Waals surface area contributed by atoms with E-state index in [0.29, 0.717) is 27.1 Å². The van der Waals surface area contributed by atoms with Crippen LogP contribution in [0.25, 0.3) is 0 Å². The van der Waals surface area contributed by atoms with E-state index in [4.69, 9.17) is 4.74 Å². The summed E-state index contributed by atoms with van der Waals surface area (Å²) in [6.45, 7) is 3.34. The van der Waals surface area contributed by atoms with Crippen molar-refractivity contribution >= 4 is 57.9 Å². The zero-order chi connectivity index (χ0) is 23.8. The Bertz CT molecular complexity index is 1160. The predicted molar refractivity (Wildman–Crippen MR) is 132 cm³/mol. The molecule has 0 atom stereocenters. The quantitative estimate of drug-likeness (QED) is 0.390. The van der Waals surface area contributed by atoms with E-state index in [1.54, 1.807) is 37.4 Å².